The van der Waals surface area contributed by atoms with Crippen LogP contribution in [0.3, 0.4) is 0 Å². The van der Waals surface area contributed by atoms with Gasteiger partial charge in [-0.2, -0.15) is 0 Å². The van der Waals surface area contributed by atoms with E-state index >= 15 is 0 Å². The third-order valence-electron chi connectivity index (χ3n) is 3.27. The summed E-state index contributed by atoms with van der Waals surface area (Å²) in [5.74, 6) is 1.66. The van der Waals surface area contributed by atoms with Crippen molar-refractivity contribution in [1.82, 2.24) is 0 Å². The van der Waals surface area contributed by atoms with E-state index in [1.807, 2.05) is 36.4 Å². The molecule has 4 nitrogen and oxygen atoms in total. The van der Waals surface area contributed by atoms with Crippen LogP contribution in [0.5, 0.6) is 11.5 Å². The third-order valence-corrected chi connectivity index (χ3v) is 3.27. The molecule has 0 aliphatic carbocycles. The normalized spacial score (nSPS) is 10.2. The molecule has 2 aromatic carbocycles. The minimum Gasteiger partial charge on any atom is -0.497 e. The average Bonchev–Trinajstić information content (AvgIpc) is 2.54. The van der Waals surface area contributed by atoms with E-state index in [4.69, 9.17) is 14.2 Å². The number of methoxy groups -OCH3 is 3. The van der Waals surface area contributed by atoms with Gasteiger partial charge in [-0.15, -0.1) is 0 Å². The van der Waals surface area contributed by atoms with Crippen molar-refractivity contribution < 1.29 is 14.2 Å². The van der Waals surface area contributed by atoms with E-state index in [-0.39, 0.29) is 0 Å². The molecule has 0 saturated carbocycles. The van der Waals surface area contributed by atoms with Gasteiger partial charge < -0.3 is 19.5 Å². The molecular formula is C17H21NO3. The fourth-order valence-corrected chi connectivity index (χ4v) is 2.18. The van der Waals surface area contributed by atoms with Gasteiger partial charge in [-0.3, -0.25) is 0 Å². The maximum Gasteiger partial charge on any atom is 0.124 e. The number of benzene rings is 2. The number of nitrogens with one attached hydrogen (secondary N) is 1. The second-order valence-corrected chi connectivity index (χ2v) is 4.62. The first-order valence-corrected chi connectivity index (χ1v) is 6.80. The van der Waals surface area contributed by atoms with Gasteiger partial charge >= 0.3 is 0 Å². The number of hydrogen-bond donors (Lipinski definition) is 1. The van der Waals surface area contributed by atoms with Crippen molar-refractivity contribution in [3.63, 3.8) is 0 Å². The van der Waals surface area contributed by atoms with Crippen molar-refractivity contribution in [2.45, 2.75) is 13.2 Å². The second kappa shape index (κ2) is 7.55. The first-order chi connectivity index (χ1) is 10.3. The molecule has 0 amide bonds. The minimum absolute atomic E-state index is 0.582. The number of anilines is 1. The lowest BCUT2D eigenvalue weighted by Crippen LogP contribution is -2.04. The first kappa shape index (κ1) is 15.2. The maximum absolute atomic E-state index is 5.39. The smallest absolute Gasteiger partial charge is 0.124 e. The largest absolute Gasteiger partial charge is 0.497 e. The van der Waals surface area contributed by atoms with Gasteiger partial charge in [-0.25, -0.2) is 0 Å². The Morgan fingerprint density at radius 2 is 1.71 bits per heavy atom. The van der Waals surface area contributed by atoms with E-state index in [9.17, 15) is 0 Å². The monoisotopic (exact) mass is 287 g/mol. The van der Waals surface area contributed by atoms with E-state index in [0.29, 0.717) is 13.2 Å². The van der Waals surface area contributed by atoms with E-state index < -0.39 is 0 Å². The summed E-state index contributed by atoms with van der Waals surface area (Å²) in [5, 5.41) is 3.42. The van der Waals surface area contributed by atoms with Crippen LogP contribution in [0.25, 0.3) is 0 Å². The van der Waals surface area contributed by atoms with Gasteiger partial charge in [0.1, 0.15) is 11.5 Å². The molecule has 0 unspecified atom stereocenters. The summed E-state index contributed by atoms with van der Waals surface area (Å²) >= 11 is 0. The van der Waals surface area contributed by atoms with Crippen molar-refractivity contribution in [2.24, 2.45) is 0 Å². The van der Waals surface area contributed by atoms with Crippen molar-refractivity contribution >= 4 is 5.69 Å². The van der Waals surface area contributed by atoms with Crippen molar-refractivity contribution in [2.75, 3.05) is 26.6 Å². The minimum atomic E-state index is 0.582. The predicted octanol–water partition coefficient (Wildman–Crippen LogP) is 3.46. The molecule has 0 bridgehead atoms. The topological polar surface area (TPSA) is 39.7 Å². The summed E-state index contributed by atoms with van der Waals surface area (Å²) in [7, 11) is 5.03. The Balaban J connectivity index is 2.16. The molecule has 0 atom stereocenters. The molecule has 0 spiro atoms. The van der Waals surface area contributed by atoms with E-state index in [0.717, 1.165) is 28.3 Å². The molecule has 4 heteroatoms. The Labute approximate surface area is 125 Å². The maximum atomic E-state index is 5.39. The van der Waals surface area contributed by atoms with E-state index in [2.05, 4.69) is 11.4 Å². The summed E-state index contributed by atoms with van der Waals surface area (Å²) < 4.78 is 15.9. The molecule has 0 aromatic heterocycles. The molecule has 1 N–H and O–H groups in total. The highest BCUT2D eigenvalue weighted by atomic mass is 16.5. The molecule has 0 fully saturated rings. The van der Waals surface area contributed by atoms with Crippen LogP contribution in [0.2, 0.25) is 0 Å². The Morgan fingerprint density at radius 3 is 2.43 bits per heavy atom. The van der Waals surface area contributed by atoms with Gasteiger partial charge in [0.05, 0.1) is 20.8 Å². The molecule has 21 heavy (non-hydrogen) atoms. The summed E-state index contributed by atoms with van der Waals surface area (Å²) in [6.45, 7) is 1.24. The zero-order valence-electron chi connectivity index (χ0n) is 12.7. The number of hydrogen-bond acceptors (Lipinski definition) is 4. The molecular weight excluding hydrogens is 266 g/mol. The van der Waals surface area contributed by atoms with Gasteiger partial charge in [0.2, 0.25) is 0 Å². The fourth-order valence-electron chi connectivity index (χ4n) is 2.18. The lowest BCUT2D eigenvalue weighted by atomic mass is 10.1. The highest BCUT2D eigenvalue weighted by molar-refractivity contribution is 5.52. The molecule has 0 radical (unpaired) electrons. The molecule has 0 heterocycles. The van der Waals surface area contributed by atoms with E-state index in [1.165, 1.54) is 0 Å². The zero-order chi connectivity index (χ0) is 15.1. The Hall–Kier alpha value is -2.20. The van der Waals surface area contributed by atoms with Crippen molar-refractivity contribution in [1.29, 1.82) is 0 Å². The highest BCUT2D eigenvalue weighted by Crippen LogP contribution is 2.25. The number of ether oxygens (including phenoxy) is 3. The van der Waals surface area contributed by atoms with Gasteiger partial charge in [-0.05, 0) is 24.3 Å². The van der Waals surface area contributed by atoms with Crippen molar-refractivity contribution in [3.8, 4) is 11.5 Å². The van der Waals surface area contributed by atoms with Gasteiger partial charge in [0.25, 0.3) is 0 Å². The third kappa shape index (κ3) is 3.89. The lowest BCUT2D eigenvalue weighted by molar-refractivity contribution is 0.185. The number of para-hydroxylation sites is 1. The zero-order valence-corrected chi connectivity index (χ0v) is 12.7. The van der Waals surface area contributed by atoms with Crippen LogP contribution in [0.4, 0.5) is 5.69 Å². The van der Waals surface area contributed by atoms with Crippen LogP contribution in [0.1, 0.15) is 11.1 Å². The standard InChI is InChI=1S/C17H21NO3/c1-19-12-13-6-4-5-7-16(13)18-11-14-10-15(20-2)8-9-17(14)21-3/h4-10,18H,11-12H2,1-3H3. The lowest BCUT2D eigenvalue weighted by Gasteiger charge is -2.14. The predicted molar refractivity (Wildman–Crippen MR) is 84.0 cm³/mol. The number of rotatable bonds is 7. The molecule has 0 saturated heterocycles. The van der Waals surface area contributed by atoms with Crippen LogP contribution >= 0.6 is 0 Å². The summed E-state index contributed by atoms with van der Waals surface area (Å²) in [5.41, 5.74) is 3.23. The quantitative estimate of drug-likeness (QED) is 0.846. The van der Waals surface area contributed by atoms with Gasteiger partial charge in [-0.1, -0.05) is 18.2 Å². The molecule has 2 rings (SSSR count). The van der Waals surface area contributed by atoms with Crippen molar-refractivity contribution in [3.05, 3.63) is 53.6 Å². The van der Waals surface area contributed by atoms with Crippen LogP contribution in [0, 0.1) is 0 Å². The summed E-state index contributed by atoms with van der Waals surface area (Å²) in [6, 6.07) is 13.9. The Morgan fingerprint density at radius 1 is 0.905 bits per heavy atom. The van der Waals surface area contributed by atoms with Crippen LogP contribution < -0.4 is 14.8 Å². The summed E-state index contributed by atoms with van der Waals surface area (Å²) in [6.07, 6.45) is 0. The van der Waals surface area contributed by atoms with Crippen LogP contribution in [-0.2, 0) is 17.9 Å². The van der Waals surface area contributed by atoms with Crippen LogP contribution in [0.15, 0.2) is 42.5 Å². The SMILES string of the molecule is COCc1ccccc1NCc1cc(OC)ccc1OC. The molecule has 112 valence electrons. The highest BCUT2D eigenvalue weighted by Gasteiger charge is 2.06. The Bertz CT molecular complexity index is 584. The molecule has 0 aliphatic heterocycles. The van der Waals surface area contributed by atoms with Gasteiger partial charge in [0.15, 0.2) is 0 Å². The fraction of sp³-hybridized carbons (Fsp3) is 0.294. The Kier molecular flexibility index (Phi) is 5.46. The summed E-state index contributed by atoms with van der Waals surface area (Å²) in [4.78, 5) is 0. The van der Waals surface area contributed by atoms with Crippen LogP contribution in [-0.4, -0.2) is 21.3 Å². The molecule has 0 aliphatic rings. The van der Waals surface area contributed by atoms with E-state index in [1.54, 1.807) is 21.3 Å². The van der Waals surface area contributed by atoms with Gasteiger partial charge in [0, 0.05) is 30.5 Å². The average molecular weight is 287 g/mol. The molecule has 2 aromatic rings. The first-order valence-electron chi connectivity index (χ1n) is 6.80. The second-order valence-electron chi connectivity index (χ2n) is 4.62.